The lowest BCUT2D eigenvalue weighted by molar-refractivity contribution is 0.503. The Bertz CT molecular complexity index is 690. The molecule has 0 radical (unpaired) electrons. The minimum Gasteiger partial charge on any atom is -0.400 e. The minimum atomic E-state index is 0.566. The number of benzene rings is 1. The lowest BCUT2D eigenvalue weighted by Gasteiger charge is -2.31. The fourth-order valence-electron chi connectivity index (χ4n) is 3.07. The summed E-state index contributed by atoms with van der Waals surface area (Å²) in [7, 11) is 0. The van der Waals surface area contributed by atoms with E-state index in [4.69, 9.17) is 10.7 Å². The Labute approximate surface area is 128 Å². The van der Waals surface area contributed by atoms with Gasteiger partial charge in [-0.25, -0.2) is 4.98 Å². The molecule has 1 saturated heterocycles. The second-order valence-electron chi connectivity index (χ2n) is 5.69. The predicted molar refractivity (Wildman–Crippen MR) is 89.1 cm³/mol. The third kappa shape index (κ3) is 2.42. The average Bonchev–Trinajstić information content (AvgIpc) is 3.13. The summed E-state index contributed by atoms with van der Waals surface area (Å²) < 4.78 is 1.27. The van der Waals surface area contributed by atoms with Crippen LogP contribution >= 0.6 is 11.3 Å². The predicted octanol–water partition coefficient (Wildman–Crippen LogP) is 2.81. The van der Waals surface area contributed by atoms with Crippen LogP contribution in [-0.4, -0.2) is 30.3 Å². The highest BCUT2D eigenvalue weighted by molar-refractivity contribution is 7.22. The molecule has 0 spiro atoms. The van der Waals surface area contributed by atoms with Gasteiger partial charge in [0, 0.05) is 30.4 Å². The summed E-state index contributed by atoms with van der Waals surface area (Å²) >= 11 is 1.79. The molecule has 5 heteroatoms. The number of allylic oxidation sites excluding steroid dienone is 1. The van der Waals surface area contributed by atoms with Gasteiger partial charge in [0.1, 0.15) is 0 Å². The Kier molecular flexibility index (Phi) is 3.15. The summed E-state index contributed by atoms with van der Waals surface area (Å²) in [5.74, 6) is 0.566. The van der Waals surface area contributed by atoms with Crippen molar-refractivity contribution in [3.8, 4) is 0 Å². The lowest BCUT2D eigenvalue weighted by atomic mass is 9.92. The van der Waals surface area contributed by atoms with E-state index in [2.05, 4.69) is 34.2 Å². The maximum Gasteiger partial charge on any atom is 0.186 e. The standard InChI is InChI=1S/C16H18N4S/c17-12-9-14(18-10-12)11-5-7-20(8-6-11)16-19-13-3-1-2-4-15(13)21-16/h1-4,9,11H,5-8,10,17H2. The fourth-order valence-corrected chi connectivity index (χ4v) is 4.09. The SMILES string of the molecule is NC1=CC(C2CCN(c3nc4ccccc4s3)CC2)=NC1. The van der Waals surface area contributed by atoms with E-state index in [1.165, 1.54) is 10.4 Å². The van der Waals surface area contributed by atoms with Crippen molar-refractivity contribution >= 4 is 32.4 Å². The highest BCUT2D eigenvalue weighted by Crippen LogP contribution is 2.32. The van der Waals surface area contributed by atoms with Crippen molar-refractivity contribution in [2.45, 2.75) is 12.8 Å². The second-order valence-corrected chi connectivity index (χ2v) is 6.69. The van der Waals surface area contributed by atoms with Crippen LogP contribution in [0.3, 0.4) is 0 Å². The normalized spacial score (nSPS) is 19.9. The number of piperidine rings is 1. The molecule has 21 heavy (non-hydrogen) atoms. The van der Waals surface area contributed by atoms with Crippen molar-refractivity contribution in [3.63, 3.8) is 0 Å². The topological polar surface area (TPSA) is 54.5 Å². The summed E-state index contributed by atoms with van der Waals surface area (Å²) in [6.07, 6.45) is 4.34. The first-order valence-corrected chi connectivity index (χ1v) is 8.22. The summed E-state index contributed by atoms with van der Waals surface area (Å²) in [5, 5.41) is 1.15. The molecule has 108 valence electrons. The number of aliphatic imine (C=N–C) groups is 1. The van der Waals surface area contributed by atoms with Crippen LogP contribution in [0.15, 0.2) is 41.0 Å². The van der Waals surface area contributed by atoms with Crippen LogP contribution < -0.4 is 10.6 Å². The molecule has 0 atom stereocenters. The number of rotatable bonds is 2. The number of aromatic nitrogens is 1. The van der Waals surface area contributed by atoms with Crippen LogP contribution in [0, 0.1) is 5.92 Å². The minimum absolute atomic E-state index is 0.566. The van der Waals surface area contributed by atoms with Crippen LogP contribution in [0.25, 0.3) is 10.2 Å². The number of nitrogens with zero attached hydrogens (tertiary/aromatic N) is 3. The molecule has 0 bridgehead atoms. The third-order valence-corrected chi connectivity index (χ3v) is 5.34. The molecular formula is C16H18N4S. The molecule has 0 aliphatic carbocycles. The van der Waals surface area contributed by atoms with Crippen molar-refractivity contribution < 1.29 is 0 Å². The summed E-state index contributed by atoms with van der Waals surface area (Å²) in [5.41, 5.74) is 9.03. The highest BCUT2D eigenvalue weighted by atomic mass is 32.1. The monoisotopic (exact) mass is 298 g/mol. The van der Waals surface area contributed by atoms with Gasteiger partial charge in [0.2, 0.25) is 0 Å². The summed E-state index contributed by atoms with van der Waals surface area (Å²) in [6, 6.07) is 8.35. The lowest BCUT2D eigenvalue weighted by Crippen LogP contribution is -2.35. The van der Waals surface area contributed by atoms with Crippen molar-refractivity contribution in [2.75, 3.05) is 24.5 Å². The molecule has 1 fully saturated rings. The molecule has 4 nitrogen and oxygen atoms in total. The zero-order valence-electron chi connectivity index (χ0n) is 11.8. The van der Waals surface area contributed by atoms with Gasteiger partial charge in [-0.3, -0.25) is 4.99 Å². The van der Waals surface area contributed by atoms with Crippen LogP contribution in [0.1, 0.15) is 12.8 Å². The first kappa shape index (κ1) is 12.8. The number of thiazole rings is 1. The Balaban J connectivity index is 1.47. The second kappa shape index (κ2) is 5.15. The quantitative estimate of drug-likeness (QED) is 0.927. The molecule has 2 aliphatic rings. The van der Waals surface area contributed by atoms with E-state index < -0.39 is 0 Å². The van der Waals surface area contributed by atoms with E-state index in [1.54, 1.807) is 11.3 Å². The van der Waals surface area contributed by atoms with Crippen molar-refractivity contribution in [1.29, 1.82) is 0 Å². The molecule has 1 aromatic carbocycles. The Morgan fingerprint density at radius 2 is 2.00 bits per heavy atom. The molecule has 2 N–H and O–H groups in total. The van der Waals surface area contributed by atoms with Gasteiger partial charge in [0.25, 0.3) is 0 Å². The van der Waals surface area contributed by atoms with E-state index >= 15 is 0 Å². The van der Waals surface area contributed by atoms with E-state index in [0.29, 0.717) is 12.5 Å². The maximum atomic E-state index is 5.82. The van der Waals surface area contributed by atoms with Gasteiger partial charge in [-0.15, -0.1) is 0 Å². The number of para-hydroxylation sites is 1. The summed E-state index contributed by atoms with van der Waals surface area (Å²) in [6.45, 7) is 2.79. The molecule has 2 aromatic rings. The van der Waals surface area contributed by atoms with Crippen LogP contribution in [0.5, 0.6) is 0 Å². The Morgan fingerprint density at radius 1 is 1.19 bits per heavy atom. The molecule has 0 saturated carbocycles. The van der Waals surface area contributed by atoms with Crippen LogP contribution in [0.4, 0.5) is 5.13 Å². The largest absolute Gasteiger partial charge is 0.400 e. The molecule has 0 amide bonds. The fraction of sp³-hybridized carbons (Fsp3) is 0.375. The van der Waals surface area contributed by atoms with E-state index in [1.807, 2.05) is 6.07 Å². The number of fused-ring (bicyclic) bond motifs is 1. The van der Waals surface area contributed by atoms with Gasteiger partial charge < -0.3 is 10.6 Å². The van der Waals surface area contributed by atoms with Crippen LogP contribution in [0.2, 0.25) is 0 Å². The first-order valence-electron chi connectivity index (χ1n) is 7.40. The van der Waals surface area contributed by atoms with Gasteiger partial charge in [0.15, 0.2) is 5.13 Å². The smallest absolute Gasteiger partial charge is 0.186 e. The highest BCUT2D eigenvalue weighted by Gasteiger charge is 2.25. The zero-order chi connectivity index (χ0) is 14.2. The van der Waals surface area contributed by atoms with Gasteiger partial charge in [-0.2, -0.15) is 0 Å². The van der Waals surface area contributed by atoms with E-state index in [0.717, 1.165) is 42.3 Å². The Hall–Kier alpha value is -1.88. The molecule has 3 heterocycles. The van der Waals surface area contributed by atoms with E-state index in [-0.39, 0.29) is 0 Å². The molecule has 0 unspecified atom stereocenters. The van der Waals surface area contributed by atoms with Crippen molar-refractivity contribution in [3.05, 3.63) is 36.0 Å². The molecule has 1 aromatic heterocycles. The zero-order valence-corrected chi connectivity index (χ0v) is 12.6. The first-order chi connectivity index (χ1) is 10.3. The molecule has 4 rings (SSSR count). The molecular weight excluding hydrogens is 280 g/mol. The number of anilines is 1. The van der Waals surface area contributed by atoms with Gasteiger partial charge >= 0.3 is 0 Å². The van der Waals surface area contributed by atoms with Crippen molar-refractivity contribution in [2.24, 2.45) is 16.6 Å². The number of hydrogen-bond donors (Lipinski definition) is 1. The average molecular weight is 298 g/mol. The van der Waals surface area contributed by atoms with Gasteiger partial charge in [-0.1, -0.05) is 23.5 Å². The maximum absolute atomic E-state index is 5.82. The number of nitrogens with two attached hydrogens (primary N) is 1. The third-order valence-electron chi connectivity index (χ3n) is 4.24. The van der Waals surface area contributed by atoms with Crippen molar-refractivity contribution in [1.82, 2.24) is 4.98 Å². The molecule has 2 aliphatic heterocycles. The number of hydrogen-bond acceptors (Lipinski definition) is 5. The van der Waals surface area contributed by atoms with Gasteiger partial charge in [0.05, 0.1) is 16.8 Å². The van der Waals surface area contributed by atoms with Gasteiger partial charge in [-0.05, 0) is 31.1 Å². The van der Waals surface area contributed by atoms with E-state index in [9.17, 15) is 0 Å². The van der Waals surface area contributed by atoms with Crippen LogP contribution in [-0.2, 0) is 0 Å². The summed E-state index contributed by atoms with van der Waals surface area (Å²) in [4.78, 5) is 11.7. The Morgan fingerprint density at radius 3 is 2.71 bits per heavy atom.